The summed E-state index contributed by atoms with van der Waals surface area (Å²) < 4.78 is 7.54. The number of rotatable bonds is 7. The number of ether oxygens (including phenoxy) is 1. The Bertz CT molecular complexity index is 1250. The van der Waals surface area contributed by atoms with Gasteiger partial charge in [0, 0.05) is 43.9 Å². The van der Waals surface area contributed by atoms with Crippen LogP contribution in [0.5, 0.6) is 5.75 Å². The highest BCUT2D eigenvalue weighted by Gasteiger charge is 2.52. The third kappa shape index (κ3) is 4.27. The Morgan fingerprint density at radius 2 is 2.06 bits per heavy atom. The quantitative estimate of drug-likeness (QED) is 0.474. The van der Waals surface area contributed by atoms with Crippen molar-refractivity contribution in [1.82, 2.24) is 30.0 Å². The predicted octanol–water partition coefficient (Wildman–Crippen LogP) is 2.11. The van der Waals surface area contributed by atoms with Gasteiger partial charge in [-0.2, -0.15) is 10.1 Å². The molecule has 3 aliphatic rings. The standard InChI is InChI=1S/C25H32N8O2/c1-35-20-10-17(23(34)32-8-6-27-7-9-32)2-3-18(20)15-33-21-19(14-29-33)30-24(26)31-22(21)28-13-16-11-25(12-16)4-5-25/h2-3,10,14,16,27H,4-9,11-13,15H2,1H3,(H3,26,28,30,31). The number of carbonyl (C=O) groups excluding carboxylic acids is 1. The van der Waals surface area contributed by atoms with Gasteiger partial charge in [0.05, 0.1) is 19.9 Å². The number of carbonyl (C=O) groups is 1. The van der Waals surface area contributed by atoms with Crippen LogP contribution in [-0.4, -0.2) is 70.4 Å². The predicted molar refractivity (Wildman–Crippen MR) is 133 cm³/mol. The van der Waals surface area contributed by atoms with E-state index in [0.29, 0.717) is 53.6 Å². The molecule has 6 rings (SSSR count). The number of amides is 1. The van der Waals surface area contributed by atoms with Crippen LogP contribution in [0.15, 0.2) is 24.4 Å². The van der Waals surface area contributed by atoms with E-state index in [-0.39, 0.29) is 11.9 Å². The minimum absolute atomic E-state index is 0.0280. The van der Waals surface area contributed by atoms with Crippen LogP contribution in [0.4, 0.5) is 11.8 Å². The Balaban J connectivity index is 1.23. The minimum Gasteiger partial charge on any atom is -0.496 e. The zero-order valence-electron chi connectivity index (χ0n) is 20.1. The van der Waals surface area contributed by atoms with Gasteiger partial charge >= 0.3 is 0 Å². The first-order chi connectivity index (χ1) is 17.0. The lowest BCUT2D eigenvalue weighted by molar-refractivity contribution is 0.0735. The summed E-state index contributed by atoms with van der Waals surface area (Å²) in [4.78, 5) is 23.7. The number of methoxy groups -OCH3 is 1. The van der Waals surface area contributed by atoms with Gasteiger partial charge in [0.1, 0.15) is 16.8 Å². The van der Waals surface area contributed by atoms with Crippen molar-refractivity contribution in [3.05, 3.63) is 35.5 Å². The summed E-state index contributed by atoms with van der Waals surface area (Å²) in [5, 5.41) is 11.4. The van der Waals surface area contributed by atoms with Crippen LogP contribution in [-0.2, 0) is 6.54 Å². The molecule has 0 atom stereocenters. The van der Waals surface area contributed by atoms with Crippen molar-refractivity contribution in [3.8, 4) is 5.75 Å². The van der Waals surface area contributed by atoms with E-state index in [1.165, 1.54) is 25.7 Å². The number of fused-ring (bicyclic) bond motifs is 1. The summed E-state index contributed by atoms with van der Waals surface area (Å²) in [7, 11) is 1.63. The molecular weight excluding hydrogens is 444 g/mol. The highest BCUT2D eigenvalue weighted by atomic mass is 16.5. The molecule has 1 aliphatic heterocycles. The first-order valence-corrected chi connectivity index (χ1v) is 12.4. The lowest BCUT2D eigenvalue weighted by Crippen LogP contribution is -2.46. The van der Waals surface area contributed by atoms with Crippen molar-refractivity contribution in [3.63, 3.8) is 0 Å². The maximum Gasteiger partial charge on any atom is 0.254 e. The smallest absolute Gasteiger partial charge is 0.254 e. The molecular formula is C25H32N8O2. The number of hydrogen-bond acceptors (Lipinski definition) is 8. The summed E-state index contributed by atoms with van der Waals surface area (Å²) in [5.74, 6) is 2.32. The molecule has 1 amide bonds. The van der Waals surface area contributed by atoms with Gasteiger partial charge in [-0.3, -0.25) is 9.48 Å². The van der Waals surface area contributed by atoms with E-state index >= 15 is 0 Å². The molecule has 2 saturated carbocycles. The van der Waals surface area contributed by atoms with Gasteiger partial charge in [0.15, 0.2) is 5.82 Å². The number of hydrogen-bond donors (Lipinski definition) is 3. The van der Waals surface area contributed by atoms with Crippen LogP contribution in [0.25, 0.3) is 11.0 Å². The van der Waals surface area contributed by atoms with Gasteiger partial charge in [0.2, 0.25) is 5.95 Å². The number of piperazine rings is 1. The van der Waals surface area contributed by atoms with Crippen LogP contribution in [0.3, 0.4) is 0 Å². The molecule has 1 aromatic carbocycles. The normalized spacial score (nSPS) is 19.1. The first-order valence-electron chi connectivity index (χ1n) is 12.4. The monoisotopic (exact) mass is 476 g/mol. The van der Waals surface area contributed by atoms with E-state index < -0.39 is 0 Å². The molecule has 0 radical (unpaired) electrons. The number of nitrogens with two attached hydrogens (primary N) is 1. The molecule has 3 fully saturated rings. The molecule has 3 aromatic rings. The fourth-order valence-corrected chi connectivity index (χ4v) is 5.62. The Morgan fingerprint density at radius 1 is 1.26 bits per heavy atom. The number of anilines is 2. The summed E-state index contributed by atoms with van der Waals surface area (Å²) >= 11 is 0. The van der Waals surface area contributed by atoms with E-state index in [4.69, 9.17) is 10.5 Å². The van der Waals surface area contributed by atoms with Crippen LogP contribution in [0, 0.1) is 11.3 Å². The lowest BCUT2D eigenvalue weighted by Gasteiger charge is -2.36. The number of nitrogens with one attached hydrogen (secondary N) is 2. The number of aromatic nitrogens is 4. The molecule has 10 heteroatoms. The van der Waals surface area contributed by atoms with Gasteiger partial charge in [0.25, 0.3) is 5.91 Å². The molecule has 2 aromatic heterocycles. The topological polar surface area (TPSA) is 123 Å². The fraction of sp³-hybridized carbons (Fsp3) is 0.520. The molecule has 0 unspecified atom stereocenters. The van der Waals surface area contributed by atoms with Crippen molar-refractivity contribution in [2.75, 3.05) is 50.9 Å². The van der Waals surface area contributed by atoms with Crippen LogP contribution in [0.2, 0.25) is 0 Å². The molecule has 4 N–H and O–H groups in total. The first kappa shape index (κ1) is 22.1. The third-order valence-corrected chi connectivity index (χ3v) is 7.72. The summed E-state index contributed by atoms with van der Waals surface area (Å²) in [6.45, 7) is 4.40. The molecule has 0 bridgehead atoms. The molecule has 1 spiro atoms. The lowest BCUT2D eigenvalue weighted by atomic mass is 9.72. The van der Waals surface area contributed by atoms with Crippen LogP contribution < -0.4 is 21.1 Å². The number of nitrogens with zero attached hydrogens (tertiary/aromatic N) is 5. The van der Waals surface area contributed by atoms with Gasteiger partial charge in [-0.05, 0) is 49.1 Å². The van der Waals surface area contributed by atoms with Gasteiger partial charge in [-0.25, -0.2) is 4.98 Å². The summed E-state index contributed by atoms with van der Waals surface area (Å²) in [5.41, 5.74) is 9.74. The van der Waals surface area contributed by atoms with E-state index in [1.807, 2.05) is 27.8 Å². The zero-order valence-corrected chi connectivity index (χ0v) is 20.1. The van der Waals surface area contributed by atoms with Crippen molar-refractivity contribution < 1.29 is 9.53 Å². The molecule has 3 heterocycles. The number of nitrogen functional groups attached to an aromatic ring is 1. The Kier molecular flexibility index (Phi) is 5.47. The van der Waals surface area contributed by atoms with Crippen LogP contribution >= 0.6 is 0 Å². The van der Waals surface area contributed by atoms with Crippen molar-refractivity contribution in [2.24, 2.45) is 11.3 Å². The number of benzene rings is 1. The second-order valence-electron chi connectivity index (χ2n) is 10.2. The average Bonchev–Trinajstić information content (AvgIpc) is 3.57. The van der Waals surface area contributed by atoms with Crippen molar-refractivity contribution in [1.29, 1.82) is 0 Å². The minimum atomic E-state index is 0.0280. The Labute approximate surface area is 204 Å². The second kappa shape index (κ2) is 8.67. The zero-order chi connectivity index (χ0) is 24.0. The highest BCUT2D eigenvalue weighted by molar-refractivity contribution is 5.95. The largest absolute Gasteiger partial charge is 0.496 e. The molecule has 10 nitrogen and oxygen atoms in total. The summed E-state index contributed by atoms with van der Waals surface area (Å²) in [6, 6.07) is 5.63. The van der Waals surface area contributed by atoms with E-state index in [9.17, 15) is 4.79 Å². The van der Waals surface area contributed by atoms with Gasteiger partial charge in [-0.1, -0.05) is 6.07 Å². The van der Waals surface area contributed by atoms with E-state index in [1.54, 1.807) is 13.3 Å². The van der Waals surface area contributed by atoms with Crippen LogP contribution in [0.1, 0.15) is 41.6 Å². The molecule has 2 aliphatic carbocycles. The second-order valence-corrected chi connectivity index (χ2v) is 10.2. The maximum absolute atomic E-state index is 12.9. The van der Waals surface area contributed by atoms with E-state index in [0.717, 1.165) is 30.7 Å². The third-order valence-electron chi connectivity index (χ3n) is 7.72. The molecule has 35 heavy (non-hydrogen) atoms. The van der Waals surface area contributed by atoms with Crippen molar-refractivity contribution >= 4 is 28.7 Å². The molecule has 184 valence electrons. The van der Waals surface area contributed by atoms with Gasteiger partial charge in [-0.15, -0.1) is 0 Å². The molecule has 1 saturated heterocycles. The maximum atomic E-state index is 12.9. The SMILES string of the molecule is COc1cc(C(=O)N2CCNCC2)ccc1Cn1ncc2nc(N)nc(NCC3CC4(CC4)C3)c21. The van der Waals surface area contributed by atoms with E-state index in [2.05, 4.69) is 25.7 Å². The highest BCUT2D eigenvalue weighted by Crippen LogP contribution is 2.63. The Hall–Kier alpha value is -3.40. The summed E-state index contributed by atoms with van der Waals surface area (Å²) in [6.07, 6.45) is 7.11. The average molecular weight is 477 g/mol. The van der Waals surface area contributed by atoms with Crippen molar-refractivity contribution in [2.45, 2.75) is 32.2 Å². The fourth-order valence-electron chi connectivity index (χ4n) is 5.62. The van der Waals surface area contributed by atoms with Gasteiger partial charge < -0.3 is 26.0 Å². The Morgan fingerprint density at radius 3 is 2.80 bits per heavy atom.